The average molecular weight is 329 g/mol. The van der Waals surface area contributed by atoms with Gasteiger partial charge in [-0.15, -0.1) is 6.58 Å². The molecule has 1 heterocycles. The van der Waals surface area contributed by atoms with Crippen LogP contribution in [0.1, 0.15) is 18.0 Å². The minimum absolute atomic E-state index is 0.0821. The van der Waals surface area contributed by atoms with E-state index in [1.54, 1.807) is 17.3 Å². The first-order chi connectivity index (χ1) is 11.6. The van der Waals surface area contributed by atoms with E-state index in [-0.39, 0.29) is 23.4 Å². The van der Waals surface area contributed by atoms with Crippen molar-refractivity contribution in [1.29, 1.82) is 0 Å². The molecule has 2 unspecified atom stereocenters. The summed E-state index contributed by atoms with van der Waals surface area (Å²) in [6.07, 6.45) is 4.69. The number of rotatable bonds is 7. The molecular formula is C18H23N3O3. The Morgan fingerprint density at radius 3 is 2.75 bits per heavy atom. The molecule has 6 heteroatoms. The zero-order chi connectivity index (χ0) is 17.5. The highest BCUT2D eigenvalue weighted by atomic mass is 16.5. The zero-order valence-electron chi connectivity index (χ0n) is 13.9. The SMILES string of the molecule is C=CCC(NN1C=CC(O)C(OC)=C1C(=O)NC)c1ccccc1. The maximum Gasteiger partial charge on any atom is 0.272 e. The van der Waals surface area contributed by atoms with Gasteiger partial charge >= 0.3 is 0 Å². The lowest BCUT2D eigenvalue weighted by atomic mass is 10.0. The van der Waals surface area contributed by atoms with Crippen LogP contribution in [0.4, 0.5) is 0 Å². The van der Waals surface area contributed by atoms with Gasteiger partial charge in [0.15, 0.2) is 11.5 Å². The lowest BCUT2D eigenvalue weighted by Crippen LogP contribution is -2.44. The molecule has 0 fully saturated rings. The topological polar surface area (TPSA) is 73.8 Å². The quantitative estimate of drug-likeness (QED) is 0.663. The molecule has 1 aliphatic rings. The van der Waals surface area contributed by atoms with Gasteiger partial charge in [-0.1, -0.05) is 36.4 Å². The third-order valence-corrected chi connectivity index (χ3v) is 3.72. The molecular weight excluding hydrogens is 306 g/mol. The molecule has 0 bridgehead atoms. The molecule has 1 aromatic rings. The van der Waals surface area contributed by atoms with Gasteiger partial charge in [-0.2, -0.15) is 0 Å². The second-order valence-electron chi connectivity index (χ2n) is 5.27. The van der Waals surface area contributed by atoms with Gasteiger partial charge in [-0.05, 0) is 18.1 Å². The molecule has 0 spiro atoms. The highest BCUT2D eigenvalue weighted by Gasteiger charge is 2.30. The Morgan fingerprint density at radius 2 is 2.17 bits per heavy atom. The van der Waals surface area contributed by atoms with Crippen LogP contribution in [0.3, 0.4) is 0 Å². The summed E-state index contributed by atoms with van der Waals surface area (Å²) in [6, 6.07) is 9.79. The number of hydrogen-bond acceptors (Lipinski definition) is 5. The minimum atomic E-state index is -0.963. The monoisotopic (exact) mass is 329 g/mol. The summed E-state index contributed by atoms with van der Waals surface area (Å²) in [7, 11) is 2.96. The zero-order valence-corrected chi connectivity index (χ0v) is 13.9. The van der Waals surface area contributed by atoms with Gasteiger partial charge in [0.2, 0.25) is 0 Å². The number of amides is 1. The molecule has 128 valence electrons. The number of carbonyl (C=O) groups is 1. The van der Waals surface area contributed by atoms with Crippen LogP contribution in [-0.4, -0.2) is 36.3 Å². The number of likely N-dealkylation sites (N-methyl/N-ethyl adjacent to an activating group) is 1. The van der Waals surface area contributed by atoms with Gasteiger partial charge in [-0.25, -0.2) is 5.43 Å². The maximum atomic E-state index is 12.3. The fraction of sp³-hybridized carbons (Fsp3) is 0.278. The Hall–Kier alpha value is -2.57. The molecule has 2 atom stereocenters. The lowest BCUT2D eigenvalue weighted by molar-refractivity contribution is -0.119. The number of carbonyl (C=O) groups excluding carboxylic acids is 1. The summed E-state index contributed by atoms with van der Waals surface area (Å²) in [5.41, 5.74) is 4.57. The maximum absolute atomic E-state index is 12.3. The van der Waals surface area contributed by atoms with Crippen molar-refractivity contribution >= 4 is 5.91 Å². The molecule has 0 radical (unpaired) electrons. The molecule has 1 aromatic carbocycles. The number of hydrazine groups is 1. The van der Waals surface area contributed by atoms with Gasteiger partial charge in [0, 0.05) is 13.2 Å². The number of benzene rings is 1. The highest BCUT2D eigenvalue weighted by molar-refractivity contribution is 5.93. The van der Waals surface area contributed by atoms with Crippen molar-refractivity contribution in [2.45, 2.75) is 18.6 Å². The van der Waals surface area contributed by atoms with E-state index in [1.165, 1.54) is 14.2 Å². The number of ether oxygens (including phenoxy) is 1. The summed E-state index contributed by atoms with van der Waals surface area (Å²) >= 11 is 0. The highest BCUT2D eigenvalue weighted by Crippen LogP contribution is 2.24. The Morgan fingerprint density at radius 1 is 1.46 bits per heavy atom. The lowest BCUT2D eigenvalue weighted by Gasteiger charge is -2.33. The smallest absolute Gasteiger partial charge is 0.272 e. The summed E-state index contributed by atoms with van der Waals surface area (Å²) < 4.78 is 5.23. The first-order valence-electron chi connectivity index (χ1n) is 7.70. The Balaban J connectivity index is 2.33. The fourth-order valence-corrected chi connectivity index (χ4v) is 2.54. The van der Waals surface area contributed by atoms with Gasteiger partial charge in [0.05, 0.1) is 13.2 Å². The van der Waals surface area contributed by atoms with E-state index in [4.69, 9.17) is 4.74 Å². The van der Waals surface area contributed by atoms with Gasteiger partial charge < -0.3 is 15.2 Å². The normalized spacial score (nSPS) is 18.3. The number of hydrogen-bond donors (Lipinski definition) is 3. The van der Waals surface area contributed by atoms with E-state index < -0.39 is 6.10 Å². The summed E-state index contributed by atoms with van der Waals surface area (Å²) in [4.78, 5) is 12.3. The number of aliphatic hydroxyl groups is 1. The average Bonchev–Trinajstić information content (AvgIpc) is 2.62. The second kappa shape index (κ2) is 8.33. The summed E-state index contributed by atoms with van der Waals surface area (Å²) in [6.45, 7) is 3.80. The molecule has 1 aliphatic heterocycles. The van der Waals surface area contributed by atoms with E-state index >= 15 is 0 Å². The van der Waals surface area contributed by atoms with Crippen molar-refractivity contribution in [3.05, 3.63) is 72.3 Å². The number of aliphatic hydroxyl groups excluding tert-OH is 1. The molecule has 1 amide bonds. The number of nitrogens with zero attached hydrogens (tertiary/aromatic N) is 1. The first kappa shape index (κ1) is 17.8. The van der Waals surface area contributed by atoms with Crippen molar-refractivity contribution in [2.24, 2.45) is 0 Å². The summed E-state index contributed by atoms with van der Waals surface area (Å²) in [5, 5.41) is 14.2. The number of methoxy groups -OCH3 is 1. The Kier molecular flexibility index (Phi) is 6.17. The second-order valence-corrected chi connectivity index (χ2v) is 5.27. The molecule has 6 nitrogen and oxygen atoms in total. The van der Waals surface area contributed by atoms with Gasteiger partial charge in [-0.3, -0.25) is 9.80 Å². The van der Waals surface area contributed by atoms with Crippen LogP contribution >= 0.6 is 0 Å². The van der Waals surface area contributed by atoms with Crippen LogP contribution in [0.5, 0.6) is 0 Å². The largest absolute Gasteiger partial charge is 0.496 e. The molecule has 3 N–H and O–H groups in total. The molecule has 0 saturated carbocycles. The van der Waals surface area contributed by atoms with Crippen molar-refractivity contribution in [2.75, 3.05) is 14.2 Å². The van der Waals surface area contributed by atoms with Crippen LogP contribution in [-0.2, 0) is 9.53 Å². The third-order valence-electron chi connectivity index (χ3n) is 3.72. The molecule has 2 rings (SSSR count). The van der Waals surface area contributed by atoms with Crippen molar-refractivity contribution in [3.63, 3.8) is 0 Å². The third kappa shape index (κ3) is 3.84. The predicted octanol–water partition coefficient (Wildman–Crippen LogP) is 1.60. The molecule has 0 aliphatic carbocycles. The van der Waals surface area contributed by atoms with Crippen molar-refractivity contribution in [1.82, 2.24) is 15.8 Å². The van der Waals surface area contributed by atoms with Crippen LogP contribution in [0.2, 0.25) is 0 Å². The number of nitrogens with one attached hydrogen (secondary N) is 2. The summed E-state index contributed by atoms with van der Waals surface area (Å²) in [5.74, 6) is -0.164. The van der Waals surface area contributed by atoms with Gasteiger partial charge in [0.25, 0.3) is 5.91 Å². The molecule has 0 aromatic heterocycles. The van der Waals surface area contributed by atoms with E-state index in [9.17, 15) is 9.90 Å². The minimum Gasteiger partial charge on any atom is -0.496 e. The van der Waals surface area contributed by atoms with E-state index in [1.807, 2.05) is 36.4 Å². The fourth-order valence-electron chi connectivity index (χ4n) is 2.54. The van der Waals surface area contributed by atoms with Crippen molar-refractivity contribution < 1.29 is 14.6 Å². The Bertz CT molecular complexity index is 640. The van der Waals surface area contributed by atoms with Crippen molar-refractivity contribution in [3.8, 4) is 0 Å². The predicted molar refractivity (Wildman–Crippen MR) is 92.2 cm³/mol. The van der Waals surface area contributed by atoms with Crippen LogP contribution in [0, 0.1) is 0 Å². The van der Waals surface area contributed by atoms with E-state index in [0.717, 1.165) is 5.56 Å². The Labute approximate surface area is 142 Å². The van der Waals surface area contributed by atoms with Gasteiger partial charge in [0.1, 0.15) is 6.10 Å². The van der Waals surface area contributed by atoms with Crippen LogP contribution in [0.25, 0.3) is 0 Å². The molecule has 24 heavy (non-hydrogen) atoms. The standard InChI is InChI=1S/C18H23N3O3/c1-4-8-14(13-9-6-5-7-10-13)20-21-12-11-15(22)17(24-3)16(21)18(23)19-2/h4-7,9-12,14-15,20,22H,1,8H2,2-3H3,(H,19,23). The van der Waals surface area contributed by atoms with E-state index in [0.29, 0.717) is 6.42 Å². The van der Waals surface area contributed by atoms with E-state index in [2.05, 4.69) is 17.3 Å². The molecule has 0 saturated heterocycles. The first-order valence-corrected chi connectivity index (χ1v) is 7.70. The van der Waals surface area contributed by atoms with Crippen LogP contribution in [0.15, 0.2) is 66.7 Å². The van der Waals surface area contributed by atoms with Crippen LogP contribution < -0.4 is 10.7 Å².